The second kappa shape index (κ2) is 6.36. The van der Waals surface area contributed by atoms with Crippen molar-refractivity contribution in [1.82, 2.24) is 20.0 Å². The van der Waals surface area contributed by atoms with E-state index in [1.807, 2.05) is 4.90 Å². The third-order valence-corrected chi connectivity index (χ3v) is 3.31. The smallest absolute Gasteiger partial charge is 0.272 e. The van der Waals surface area contributed by atoms with Crippen molar-refractivity contribution in [3.8, 4) is 0 Å². The zero-order valence-electron chi connectivity index (χ0n) is 11.3. The van der Waals surface area contributed by atoms with Crippen LogP contribution < -0.4 is 5.32 Å². The van der Waals surface area contributed by atoms with E-state index in [9.17, 15) is 9.59 Å². The van der Waals surface area contributed by atoms with Crippen LogP contribution in [0.15, 0.2) is 12.3 Å². The van der Waals surface area contributed by atoms with Crippen LogP contribution in [0.1, 0.15) is 36.2 Å². The maximum absolute atomic E-state index is 12.0. The molecule has 19 heavy (non-hydrogen) atoms. The largest absolute Gasteiger partial charge is 0.342 e. The number of hydrogen-bond acceptors (Lipinski definition) is 3. The molecule has 1 aliphatic heterocycles. The van der Waals surface area contributed by atoms with Gasteiger partial charge in [0.1, 0.15) is 5.69 Å². The van der Waals surface area contributed by atoms with Gasteiger partial charge in [-0.2, -0.15) is 5.10 Å². The molecule has 1 saturated heterocycles. The number of amides is 2. The van der Waals surface area contributed by atoms with Gasteiger partial charge in [-0.15, -0.1) is 0 Å². The molecule has 0 aromatic carbocycles. The van der Waals surface area contributed by atoms with E-state index in [1.165, 1.54) is 12.8 Å². The molecule has 6 nitrogen and oxygen atoms in total. The second-order valence-corrected chi connectivity index (χ2v) is 4.85. The van der Waals surface area contributed by atoms with Gasteiger partial charge in [-0.3, -0.25) is 14.3 Å². The van der Waals surface area contributed by atoms with Crippen LogP contribution in [0.5, 0.6) is 0 Å². The molecule has 0 aliphatic carbocycles. The first-order valence-corrected chi connectivity index (χ1v) is 6.72. The number of nitrogens with zero attached hydrogens (tertiary/aromatic N) is 3. The van der Waals surface area contributed by atoms with Crippen molar-refractivity contribution >= 4 is 11.8 Å². The fourth-order valence-corrected chi connectivity index (χ4v) is 2.21. The first-order chi connectivity index (χ1) is 9.16. The number of nitrogens with one attached hydrogen (secondary N) is 1. The Morgan fingerprint density at radius 1 is 1.26 bits per heavy atom. The van der Waals surface area contributed by atoms with E-state index in [1.54, 1.807) is 24.0 Å². The van der Waals surface area contributed by atoms with Gasteiger partial charge in [-0.1, -0.05) is 12.8 Å². The van der Waals surface area contributed by atoms with Crippen LogP contribution in [-0.4, -0.2) is 46.1 Å². The number of likely N-dealkylation sites (tertiary alicyclic amines) is 1. The van der Waals surface area contributed by atoms with Crippen molar-refractivity contribution in [3.63, 3.8) is 0 Å². The summed E-state index contributed by atoms with van der Waals surface area (Å²) in [5, 5.41) is 6.62. The van der Waals surface area contributed by atoms with Gasteiger partial charge in [0.25, 0.3) is 5.91 Å². The molecule has 0 unspecified atom stereocenters. The van der Waals surface area contributed by atoms with E-state index < -0.39 is 0 Å². The predicted octanol–water partition coefficient (Wildman–Crippen LogP) is 0.552. The second-order valence-electron chi connectivity index (χ2n) is 4.85. The normalized spacial score (nSPS) is 15.9. The summed E-state index contributed by atoms with van der Waals surface area (Å²) in [7, 11) is 1.75. The predicted molar refractivity (Wildman–Crippen MR) is 70.6 cm³/mol. The summed E-state index contributed by atoms with van der Waals surface area (Å²) in [5.41, 5.74) is 0.339. The highest BCUT2D eigenvalue weighted by atomic mass is 16.2. The summed E-state index contributed by atoms with van der Waals surface area (Å²) in [4.78, 5) is 25.6. The number of hydrogen-bond donors (Lipinski definition) is 1. The van der Waals surface area contributed by atoms with Crippen LogP contribution in [-0.2, 0) is 11.8 Å². The maximum atomic E-state index is 12.0. The lowest BCUT2D eigenvalue weighted by Crippen LogP contribution is -2.40. The van der Waals surface area contributed by atoms with Gasteiger partial charge in [-0.25, -0.2) is 0 Å². The van der Waals surface area contributed by atoms with Gasteiger partial charge in [0.05, 0.1) is 6.54 Å². The minimum Gasteiger partial charge on any atom is -0.342 e. The Bertz CT molecular complexity index is 447. The molecule has 2 heterocycles. The topological polar surface area (TPSA) is 67.2 Å². The van der Waals surface area contributed by atoms with Crippen molar-refractivity contribution in [3.05, 3.63) is 18.0 Å². The van der Waals surface area contributed by atoms with Gasteiger partial charge >= 0.3 is 0 Å². The first-order valence-electron chi connectivity index (χ1n) is 6.72. The molecule has 0 spiro atoms. The van der Waals surface area contributed by atoms with Crippen LogP contribution in [0.3, 0.4) is 0 Å². The average molecular weight is 264 g/mol. The number of carbonyl (C=O) groups is 2. The number of carbonyl (C=O) groups excluding carboxylic acids is 2. The van der Waals surface area contributed by atoms with Crippen LogP contribution >= 0.6 is 0 Å². The van der Waals surface area contributed by atoms with Gasteiger partial charge in [0.15, 0.2) is 0 Å². The molecule has 1 aliphatic rings. The number of rotatable bonds is 3. The lowest BCUT2D eigenvalue weighted by atomic mass is 10.2. The monoisotopic (exact) mass is 264 g/mol. The van der Waals surface area contributed by atoms with E-state index >= 15 is 0 Å². The standard InChI is InChI=1S/C13H20N4O2/c1-16-9-6-11(15-16)13(19)14-10-12(18)17-7-4-2-3-5-8-17/h6,9H,2-5,7-8,10H2,1H3,(H,14,19). The molecule has 1 N–H and O–H groups in total. The first kappa shape index (κ1) is 13.6. The molecule has 0 bridgehead atoms. The summed E-state index contributed by atoms with van der Waals surface area (Å²) < 4.78 is 1.56. The Morgan fingerprint density at radius 3 is 2.53 bits per heavy atom. The molecular formula is C13H20N4O2. The molecule has 1 aromatic heterocycles. The summed E-state index contributed by atoms with van der Waals surface area (Å²) in [6, 6.07) is 1.63. The Kier molecular flexibility index (Phi) is 4.54. The average Bonchev–Trinajstić information content (AvgIpc) is 2.68. The lowest BCUT2D eigenvalue weighted by Gasteiger charge is -2.20. The van der Waals surface area contributed by atoms with E-state index in [0.717, 1.165) is 25.9 Å². The van der Waals surface area contributed by atoms with Gasteiger partial charge in [0, 0.05) is 26.3 Å². The highest BCUT2D eigenvalue weighted by Gasteiger charge is 2.17. The summed E-state index contributed by atoms with van der Waals surface area (Å²) in [6.07, 6.45) is 6.18. The molecule has 1 fully saturated rings. The molecule has 6 heteroatoms. The highest BCUT2D eigenvalue weighted by molar-refractivity contribution is 5.94. The summed E-state index contributed by atoms with van der Waals surface area (Å²) >= 11 is 0. The Morgan fingerprint density at radius 2 is 1.95 bits per heavy atom. The van der Waals surface area contributed by atoms with Crippen LogP contribution in [0.2, 0.25) is 0 Å². The van der Waals surface area contributed by atoms with Gasteiger partial charge in [-0.05, 0) is 18.9 Å². The summed E-state index contributed by atoms with van der Waals surface area (Å²) in [6.45, 7) is 1.66. The Labute approximate surface area is 112 Å². The third-order valence-electron chi connectivity index (χ3n) is 3.31. The molecule has 0 saturated carbocycles. The molecular weight excluding hydrogens is 244 g/mol. The summed E-state index contributed by atoms with van der Waals surface area (Å²) in [5.74, 6) is -0.310. The highest BCUT2D eigenvalue weighted by Crippen LogP contribution is 2.09. The van der Waals surface area contributed by atoms with E-state index in [2.05, 4.69) is 10.4 Å². The molecule has 104 valence electrons. The minimum atomic E-state index is -0.302. The Balaban J connectivity index is 1.81. The van der Waals surface area contributed by atoms with Crippen molar-refractivity contribution in [1.29, 1.82) is 0 Å². The van der Waals surface area contributed by atoms with Gasteiger partial charge in [0.2, 0.25) is 5.91 Å². The Hall–Kier alpha value is -1.85. The lowest BCUT2D eigenvalue weighted by molar-refractivity contribution is -0.130. The molecule has 0 atom stereocenters. The fourth-order valence-electron chi connectivity index (χ4n) is 2.21. The molecule has 0 radical (unpaired) electrons. The molecule has 2 amide bonds. The third kappa shape index (κ3) is 3.81. The van der Waals surface area contributed by atoms with Crippen molar-refractivity contribution in [2.45, 2.75) is 25.7 Å². The minimum absolute atomic E-state index is 0.00817. The van der Waals surface area contributed by atoms with Gasteiger partial charge < -0.3 is 10.2 Å². The number of aryl methyl sites for hydroxylation is 1. The zero-order chi connectivity index (χ0) is 13.7. The van der Waals surface area contributed by atoms with Crippen LogP contribution in [0.25, 0.3) is 0 Å². The van der Waals surface area contributed by atoms with E-state index in [-0.39, 0.29) is 18.4 Å². The zero-order valence-corrected chi connectivity index (χ0v) is 11.3. The quantitative estimate of drug-likeness (QED) is 0.867. The van der Waals surface area contributed by atoms with E-state index in [4.69, 9.17) is 0 Å². The number of aromatic nitrogens is 2. The van der Waals surface area contributed by atoms with Crippen LogP contribution in [0, 0.1) is 0 Å². The fraction of sp³-hybridized carbons (Fsp3) is 0.615. The maximum Gasteiger partial charge on any atom is 0.272 e. The molecule has 2 rings (SSSR count). The van der Waals surface area contributed by atoms with Crippen molar-refractivity contribution in [2.24, 2.45) is 7.05 Å². The van der Waals surface area contributed by atoms with E-state index in [0.29, 0.717) is 5.69 Å². The van der Waals surface area contributed by atoms with Crippen LogP contribution in [0.4, 0.5) is 0 Å². The SMILES string of the molecule is Cn1ccc(C(=O)NCC(=O)N2CCCCCC2)n1. The van der Waals surface area contributed by atoms with Crippen molar-refractivity contribution in [2.75, 3.05) is 19.6 Å². The van der Waals surface area contributed by atoms with Crippen molar-refractivity contribution < 1.29 is 9.59 Å². The molecule has 1 aromatic rings.